The first kappa shape index (κ1) is 14.4. The second kappa shape index (κ2) is 5.68. The van der Waals surface area contributed by atoms with Gasteiger partial charge in [0.1, 0.15) is 5.75 Å². The molecule has 1 aliphatic carbocycles. The van der Waals surface area contributed by atoms with E-state index in [-0.39, 0.29) is 11.4 Å². The quantitative estimate of drug-likeness (QED) is 0.818. The van der Waals surface area contributed by atoms with E-state index < -0.39 is 0 Å². The molecular formula is C17H24N2O2. The SMILES string of the molecule is CCCCOc1ccc(C(=O)N2CC(N)(C3CC3)C2)cc1. The standard InChI is InChI=1S/C17H24N2O2/c1-2-3-10-21-15-8-4-13(5-9-15)16(20)19-11-17(18,12-19)14-6-7-14/h4-5,8-9,14H,2-3,6-7,10-12,18H2,1H3. The first-order valence-electron chi connectivity index (χ1n) is 7.93. The Bertz CT molecular complexity index is 502. The van der Waals surface area contributed by atoms with Gasteiger partial charge in [-0.3, -0.25) is 4.79 Å². The zero-order valence-electron chi connectivity index (χ0n) is 12.7. The van der Waals surface area contributed by atoms with Crippen molar-refractivity contribution in [1.82, 2.24) is 4.90 Å². The number of hydrogen-bond donors (Lipinski definition) is 1. The summed E-state index contributed by atoms with van der Waals surface area (Å²) in [4.78, 5) is 14.2. The van der Waals surface area contributed by atoms with Gasteiger partial charge in [-0.1, -0.05) is 13.3 Å². The maximum Gasteiger partial charge on any atom is 0.253 e. The van der Waals surface area contributed by atoms with Crippen molar-refractivity contribution in [3.63, 3.8) is 0 Å². The second-order valence-electron chi connectivity index (χ2n) is 6.40. The van der Waals surface area contributed by atoms with Crippen molar-refractivity contribution in [2.45, 2.75) is 38.1 Å². The lowest BCUT2D eigenvalue weighted by Crippen LogP contribution is -2.69. The van der Waals surface area contributed by atoms with Crippen molar-refractivity contribution >= 4 is 5.91 Å². The molecule has 1 aromatic rings. The summed E-state index contributed by atoms with van der Waals surface area (Å²) in [6, 6.07) is 7.44. The van der Waals surface area contributed by atoms with Crippen LogP contribution in [0.15, 0.2) is 24.3 Å². The Balaban J connectivity index is 1.53. The molecule has 2 N–H and O–H groups in total. The van der Waals surface area contributed by atoms with Crippen LogP contribution in [-0.2, 0) is 0 Å². The van der Waals surface area contributed by atoms with Gasteiger partial charge in [-0.2, -0.15) is 0 Å². The molecule has 0 bridgehead atoms. The van der Waals surface area contributed by atoms with Gasteiger partial charge >= 0.3 is 0 Å². The fourth-order valence-electron chi connectivity index (χ4n) is 2.94. The van der Waals surface area contributed by atoms with E-state index in [4.69, 9.17) is 10.5 Å². The van der Waals surface area contributed by atoms with Crippen LogP contribution in [0.2, 0.25) is 0 Å². The van der Waals surface area contributed by atoms with Gasteiger partial charge in [-0.25, -0.2) is 0 Å². The maximum atomic E-state index is 12.4. The molecule has 0 radical (unpaired) electrons. The van der Waals surface area contributed by atoms with E-state index in [0.717, 1.165) is 30.8 Å². The molecular weight excluding hydrogens is 264 g/mol. The van der Waals surface area contributed by atoms with Crippen LogP contribution in [0.3, 0.4) is 0 Å². The zero-order chi connectivity index (χ0) is 14.9. The molecule has 2 aliphatic rings. The fraction of sp³-hybridized carbons (Fsp3) is 0.588. The third-order valence-electron chi connectivity index (χ3n) is 4.52. The summed E-state index contributed by atoms with van der Waals surface area (Å²) >= 11 is 0. The average Bonchev–Trinajstić information content (AvgIpc) is 3.29. The second-order valence-corrected chi connectivity index (χ2v) is 6.40. The van der Waals surface area contributed by atoms with E-state index in [1.807, 2.05) is 29.2 Å². The molecule has 1 amide bonds. The van der Waals surface area contributed by atoms with Crippen molar-refractivity contribution < 1.29 is 9.53 Å². The minimum absolute atomic E-state index is 0.0804. The first-order valence-corrected chi connectivity index (χ1v) is 7.93. The van der Waals surface area contributed by atoms with Gasteiger partial charge in [0.25, 0.3) is 5.91 Å². The molecule has 21 heavy (non-hydrogen) atoms. The smallest absolute Gasteiger partial charge is 0.253 e. The minimum Gasteiger partial charge on any atom is -0.494 e. The van der Waals surface area contributed by atoms with E-state index in [1.54, 1.807) is 0 Å². The van der Waals surface area contributed by atoms with Crippen molar-refractivity contribution in [3.8, 4) is 5.75 Å². The van der Waals surface area contributed by atoms with Crippen LogP contribution in [0.25, 0.3) is 0 Å². The van der Waals surface area contributed by atoms with E-state index in [2.05, 4.69) is 6.92 Å². The summed E-state index contributed by atoms with van der Waals surface area (Å²) < 4.78 is 5.61. The highest BCUT2D eigenvalue weighted by Crippen LogP contribution is 2.43. The lowest BCUT2D eigenvalue weighted by molar-refractivity contribution is 0.0350. The highest BCUT2D eigenvalue weighted by atomic mass is 16.5. The zero-order valence-corrected chi connectivity index (χ0v) is 12.7. The lowest BCUT2D eigenvalue weighted by atomic mass is 9.85. The molecule has 1 aliphatic heterocycles. The number of benzene rings is 1. The number of rotatable bonds is 6. The predicted molar refractivity (Wildman–Crippen MR) is 82.4 cm³/mol. The van der Waals surface area contributed by atoms with E-state index >= 15 is 0 Å². The van der Waals surface area contributed by atoms with Crippen LogP contribution in [0.1, 0.15) is 43.0 Å². The molecule has 114 valence electrons. The number of amides is 1. The molecule has 1 heterocycles. The lowest BCUT2D eigenvalue weighted by Gasteiger charge is -2.48. The Morgan fingerprint density at radius 1 is 1.33 bits per heavy atom. The summed E-state index contributed by atoms with van der Waals surface area (Å²) in [5.41, 5.74) is 6.90. The Hall–Kier alpha value is -1.55. The Labute approximate surface area is 126 Å². The molecule has 0 atom stereocenters. The summed E-state index contributed by atoms with van der Waals surface area (Å²) in [6.07, 6.45) is 4.62. The maximum absolute atomic E-state index is 12.4. The first-order chi connectivity index (χ1) is 10.1. The number of hydrogen-bond acceptors (Lipinski definition) is 3. The predicted octanol–water partition coefficient (Wildman–Crippen LogP) is 2.43. The largest absolute Gasteiger partial charge is 0.494 e. The summed E-state index contributed by atoms with van der Waals surface area (Å²) in [5, 5.41) is 0. The fourth-order valence-corrected chi connectivity index (χ4v) is 2.94. The average molecular weight is 288 g/mol. The molecule has 1 aromatic carbocycles. The molecule has 0 aromatic heterocycles. The highest BCUT2D eigenvalue weighted by molar-refractivity contribution is 5.95. The van der Waals surface area contributed by atoms with Crippen LogP contribution >= 0.6 is 0 Å². The van der Waals surface area contributed by atoms with E-state index in [0.29, 0.717) is 19.0 Å². The Kier molecular flexibility index (Phi) is 3.89. The number of nitrogens with zero attached hydrogens (tertiary/aromatic N) is 1. The van der Waals surface area contributed by atoms with Crippen LogP contribution in [-0.4, -0.2) is 36.0 Å². The molecule has 3 rings (SSSR count). The van der Waals surface area contributed by atoms with Gasteiger partial charge in [0.15, 0.2) is 0 Å². The molecule has 1 saturated heterocycles. The number of likely N-dealkylation sites (tertiary alicyclic amines) is 1. The van der Waals surface area contributed by atoms with Gasteiger partial charge in [-0.05, 0) is 49.4 Å². The molecule has 4 nitrogen and oxygen atoms in total. The molecule has 0 spiro atoms. The number of carbonyl (C=O) groups excluding carboxylic acids is 1. The number of nitrogens with two attached hydrogens (primary N) is 1. The monoisotopic (exact) mass is 288 g/mol. The minimum atomic E-state index is -0.112. The number of unbranched alkanes of at least 4 members (excludes halogenated alkanes) is 1. The number of ether oxygens (including phenoxy) is 1. The normalized spacial score (nSPS) is 20.0. The summed E-state index contributed by atoms with van der Waals surface area (Å²) in [7, 11) is 0. The van der Waals surface area contributed by atoms with Crippen LogP contribution in [0.5, 0.6) is 5.75 Å². The van der Waals surface area contributed by atoms with Gasteiger partial charge < -0.3 is 15.4 Å². The van der Waals surface area contributed by atoms with E-state index in [1.165, 1.54) is 12.8 Å². The highest BCUT2D eigenvalue weighted by Gasteiger charge is 2.51. The van der Waals surface area contributed by atoms with Crippen molar-refractivity contribution in [2.75, 3.05) is 19.7 Å². The van der Waals surface area contributed by atoms with Crippen LogP contribution in [0.4, 0.5) is 0 Å². The molecule has 1 saturated carbocycles. The third kappa shape index (κ3) is 3.05. The molecule has 4 heteroatoms. The topological polar surface area (TPSA) is 55.6 Å². The summed E-state index contributed by atoms with van der Waals surface area (Å²) in [6.45, 7) is 4.26. The van der Waals surface area contributed by atoms with Crippen molar-refractivity contribution in [2.24, 2.45) is 11.7 Å². The summed E-state index contributed by atoms with van der Waals surface area (Å²) in [5.74, 6) is 1.54. The van der Waals surface area contributed by atoms with Gasteiger partial charge in [0, 0.05) is 18.7 Å². The molecule has 0 unspecified atom stereocenters. The third-order valence-corrected chi connectivity index (χ3v) is 4.52. The van der Waals surface area contributed by atoms with Crippen molar-refractivity contribution in [3.05, 3.63) is 29.8 Å². The van der Waals surface area contributed by atoms with Crippen LogP contribution in [0, 0.1) is 5.92 Å². The molecule has 2 fully saturated rings. The van der Waals surface area contributed by atoms with E-state index in [9.17, 15) is 4.79 Å². The Morgan fingerprint density at radius 2 is 2.00 bits per heavy atom. The number of carbonyl (C=O) groups is 1. The van der Waals surface area contributed by atoms with Gasteiger partial charge in [-0.15, -0.1) is 0 Å². The van der Waals surface area contributed by atoms with Crippen molar-refractivity contribution in [1.29, 1.82) is 0 Å². The van der Waals surface area contributed by atoms with Gasteiger partial charge in [0.05, 0.1) is 12.1 Å². The van der Waals surface area contributed by atoms with Crippen LogP contribution < -0.4 is 10.5 Å². The Morgan fingerprint density at radius 3 is 2.57 bits per heavy atom. The van der Waals surface area contributed by atoms with Gasteiger partial charge in [0.2, 0.25) is 0 Å².